The molecule has 1 amide bonds. The van der Waals surface area contributed by atoms with Gasteiger partial charge in [0.05, 0.1) is 18.2 Å². The fourth-order valence-electron chi connectivity index (χ4n) is 3.85. The van der Waals surface area contributed by atoms with E-state index >= 15 is 0 Å². The molecule has 0 radical (unpaired) electrons. The Hall–Kier alpha value is -3.06. The number of hydrogen-bond donors (Lipinski definition) is 2. The maximum Gasteiger partial charge on any atom is 0.254 e. The first kappa shape index (κ1) is 19.3. The van der Waals surface area contributed by atoms with E-state index < -0.39 is 11.9 Å². The van der Waals surface area contributed by atoms with E-state index in [0.29, 0.717) is 40.9 Å². The van der Waals surface area contributed by atoms with Crippen molar-refractivity contribution in [1.82, 2.24) is 15.8 Å². The van der Waals surface area contributed by atoms with Crippen molar-refractivity contribution in [3.8, 4) is 0 Å². The summed E-state index contributed by atoms with van der Waals surface area (Å²) >= 11 is 0. The number of Topliss-reactive ketones (excluding diaryl/α,β-unsaturated/α-hetero) is 1. The number of allylic oxidation sites excluding steroid dienone is 1. The van der Waals surface area contributed by atoms with Gasteiger partial charge < -0.3 is 10.3 Å². The van der Waals surface area contributed by atoms with E-state index in [-0.39, 0.29) is 23.3 Å². The minimum atomic E-state index is -0.558. The minimum absolute atomic E-state index is 0.0530. The number of hydrazine groups is 1. The molecular formula is C22H21F2N3O2. The van der Waals surface area contributed by atoms with Gasteiger partial charge in [0.15, 0.2) is 0 Å². The number of nitrogens with zero attached hydrogens (tertiary/aromatic N) is 1. The Bertz CT molecular complexity index is 1020. The van der Waals surface area contributed by atoms with E-state index in [9.17, 15) is 18.4 Å². The number of ketones is 1. The molecule has 1 unspecified atom stereocenters. The Kier molecular flexibility index (Phi) is 4.92. The lowest BCUT2D eigenvalue weighted by Gasteiger charge is -2.33. The summed E-state index contributed by atoms with van der Waals surface area (Å²) in [5.74, 6) is -1.45. The molecular weight excluding hydrogens is 376 g/mol. The molecule has 0 saturated heterocycles. The first-order valence-corrected chi connectivity index (χ1v) is 9.43. The van der Waals surface area contributed by atoms with Crippen LogP contribution in [0.5, 0.6) is 0 Å². The second-order valence-electron chi connectivity index (χ2n) is 7.32. The van der Waals surface area contributed by atoms with E-state index in [0.717, 1.165) is 0 Å². The smallest absolute Gasteiger partial charge is 0.254 e. The third-order valence-corrected chi connectivity index (χ3v) is 5.56. The second kappa shape index (κ2) is 7.40. The fourth-order valence-corrected chi connectivity index (χ4v) is 3.85. The molecule has 7 heteroatoms. The zero-order chi connectivity index (χ0) is 20.7. The number of hydrogen-bond acceptors (Lipinski definition) is 4. The zero-order valence-corrected chi connectivity index (χ0v) is 16.1. The van der Waals surface area contributed by atoms with Crippen LogP contribution in [0.2, 0.25) is 0 Å². The summed E-state index contributed by atoms with van der Waals surface area (Å²) in [4.78, 5) is 25.1. The van der Waals surface area contributed by atoms with E-state index in [1.54, 1.807) is 43.2 Å². The Morgan fingerprint density at radius 3 is 2.48 bits per heavy atom. The van der Waals surface area contributed by atoms with E-state index in [1.165, 1.54) is 18.2 Å². The van der Waals surface area contributed by atoms with Crippen LogP contribution in [0.15, 0.2) is 48.2 Å². The molecule has 0 spiro atoms. The van der Waals surface area contributed by atoms with Gasteiger partial charge in [-0.05, 0) is 36.2 Å². The average Bonchev–Trinajstić information content (AvgIpc) is 3.43. The highest BCUT2D eigenvalue weighted by Crippen LogP contribution is 2.39. The summed E-state index contributed by atoms with van der Waals surface area (Å²) in [6.45, 7) is 2.08. The number of carbonyl (C=O) groups excluding carboxylic acids is 2. The van der Waals surface area contributed by atoms with Gasteiger partial charge in [-0.1, -0.05) is 24.3 Å². The lowest BCUT2D eigenvalue weighted by atomic mass is 9.92. The lowest BCUT2D eigenvalue weighted by molar-refractivity contribution is -0.116. The van der Waals surface area contributed by atoms with E-state index in [1.807, 2.05) is 0 Å². The summed E-state index contributed by atoms with van der Waals surface area (Å²) in [5, 5.41) is 4.64. The average molecular weight is 397 g/mol. The highest BCUT2D eigenvalue weighted by molar-refractivity contribution is 6.21. The molecule has 2 aromatic rings. The number of fused-ring (bicyclic) bond motifs is 1. The van der Waals surface area contributed by atoms with Crippen molar-refractivity contribution in [2.45, 2.75) is 25.9 Å². The highest BCUT2D eigenvalue weighted by atomic mass is 19.1. The lowest BCUT2D eigenvalue weighted by Crippen LogP contribution is -2.40. The van der Waals surface area contributed by atoms with Crippen LogP contribution in [-0.4, -0.2) is 23.7 Å². The van der Waals surface area contributed by atoms with Crippen LogP contribution in [0.3, 0.4) is 0 Å². The molecule has 2 aliphatic rings. The van der Waals surface area contributed by atoms with Gasteiger partial charge in [-0.15, -0.1) is 0 Å². The molecule has 5 nitrogen and oxygen atoms in total. The maximum absolute atomic E-state index is 14.4. The predicted molar refractivity (Wildman–Crippen MR) is 104 cm³/mol. The Morgan fingerprint density at radius 1 is 1.17 bits per heavy atom. The number of nitrogens with one attached hydrogen (secondary N) is 2. The van der Waals surface area contributed by atoms with Gasteiger partial charge in [0, 0.05) is 30.6 Å². The Labute approximate surface area is 167 Å². The summed E-state index contributed by atoms with van der Waals surface area (Å²) in [6.07, 6.45) is 0.369. The number of rotatable bonds is 5. The van der Waals surface area contributed by atoms with Crippen molar-refractivity contribution in [2.75, 3.05) is 7.05 Å². The number of halogens is 2. The molecule has 1 heterocycles. The van der Waals surface area contributed by atoms with Crippen molar-refractivity contribution >= 4 is 17.3 Å². The van der Waals surface area contributed by atoms with Crippen molar-refractivity contribution in [2.24, 2.45) is 5.92 Å². The highest BCUT2D eigenvalue weighted by Gasteiger charge is 2.43. The number of amides is 1. The van der Waals surface area contributed by atoms with Crippen LogP contribution in [-0.2, 0) is 16.1 Å². The quantitative estimate of drug-likeness (QED) is 0.814. The standard InChI is InChI=1S/C22H21F2N3O2/c1-12-20(15-4-3-5-18(24)17(15)11-27(12)25-2)22(29)26-21(16-10-19(16)28)13-6-8-14(23)9-7-13/h3-9,16,21,25H,10-11H2,1-2H3,(H,26,29)/t16?,21-/m1/s1. The van der Waals surface area contributed by atoms with Crippen LogP contribution >= 0.6 is 0 Å². The molecule has 2 atom stereocenters. The van der Waals surface area contributed by atoms with Crippen molar-refractivity contribution in [3.63, 3.8) is 0 Å². The molecule has 1 saturated carbocycles. The third kappa shape index (κ3) is 3.53. The molecule has 150 valence electrons. The van der Waals surface area contributed by atoms with Crippen LogP contribution in [0.1, 0.15) is 36.1 Å². The van der Waals surface area contributed by atoms with Crippen LogP contribution in [0.4, 0.5) is 8.78 Å². The summed E-state index contributed by atoms with van der Waals surface area (Å²) in [5.41, 5.74) is 5.60. The molecule has 1 aliphatic carbocycles. The van der Waals surface area contributed by atoms with Crippen LogP contribution in [0, 0.1) is 17.6 Å². The predicted octanol–water partition coefficient (Wildman–Crippen LogP) is 3.09. The van der Waals surface area contributed by atoms with Gasteiger partial charge in [0.2, 0.25) is 0 Å². The minimum Gasteiger partial charge on any atom is -0.344 e. The van der Waals surface area contributed by atoms with Gasteiger partial charge >= 0.3 is 0 Å². The van der Waals surface area contributed by atoms with E-state index in [4.69, 9.17) is 0 Å². The van der Waals surface area contributed by atoms with Gasteiger partial charge in [0.25, 0.3) is 5.91 Å². The molecule has 29 heavy (non-hydrogen) atoms. The summed E-state index contributed by atoms with van der Waals surface area (Å²) in [7, 11) is 1.70. The van der Waals surface area contributed by atoms with Crippen LogP contribution in [0.25, 0.3) is 5.57 Å². The first-order chi connectivity index (χ1) is 13.9. The SMILES string of the molecule is CNN1Cc2c(F)cccc2C(C(=O)N[C@H](c2ccc(F)cc2)C2CC2=O)=C1C. The van der Waals surface area contributed by atoms with Gasteiger partial charge in [-0.3, -0.25) is 9.59 Å². The normalized spacial score (nSPS) is 19.1. The number of benzene rings is 2. The van der Waals surface area contributed by atoms with Gasteiger partial charge in [0.1, 0.15) is 17.4 Å². The molecule has 1 aliphatic heterocycles. The zero-order valence-electron chi connectivity index (χ0n) is 16.1. The molecule has 0 aromatic heterocycles. The Balaban J connectivity index is 1.71. The molecule has 4 rings (SSSR count). The number of carbonyl (C=O) groups is 2. The molecule has 0 bridgehead atoms. The van der Waals surface area contributed by atoms with Gasteiger partial charge in [-0.2, -0.15) is 0 Å². The van der Waals surface area contributed by atoms with Crippen LogP contribution < -0.4 is 10.7 Å². The van der Waals surface area contributed by atoms with Crippen molar-refractivity contribution in [3.05, 3.63) is 76.5 Å². The van der Waals surface area contributed by atoms with Gasteiger partial charge in [-0.25, -0.2) is 14.2 Å². The second-order valence-corrected chi connectivity index (χ2v) is 7.32. The molecule has 1 fully saturated rings. The third-order valence-electron chi connectivity index (χ3n) is 5.56. The Morgan fingerprint density at radius 2 is 1.86 bits per heavy atom. The maximum atomic E-state index is 14.4. The largest absolute Gasteiger partial charge is 0.344 e. The first-order valence-electron chi connectivity index (χ1n) is 9.43. The van der Waals surface area contributed by atoms with Crippen molar-refractivity contribution in [1.29, 1.82) is 0 Å². The summed E-state index contributed by atoms with van der Waals surface area (Å²) in [6, 6.07) is 9.86. The monoisotopic (exact) mass is 397 g/mol. The molecule has 2 aromatic carbocycles. The fraction of sp³-hybridized carbons (Fsp3) is 0.273. The molecule has 2 N–H and O–H groups in total. The van der Waals surface area contributed by atoms with Crippen molar-refractivity contribution < 1.29 is 18.4 Å². The summed E-state index contributed by atoms with van der Waals surface area (Å²) < 4.78 is 27.7. The topological polar surface area (TPSA) is 61.4 Å². The van der Waals surface area contributed by atoms with E-state index in [2.05, 4.69) is 10.7 Å².